The number of methoxy groups -OCH3 is 1. The molecule has 0 heterocycles. The van der Waals surface area contributed by atoms with Gasteiger partial charge in [0.15, 0.2) is 11.6 Å². The number of hydrogen-bond acceptors (Lipinski definition) is 3. The number of halogens is 1. The van der Waals surface area contributed by atoms with E-state index in [1.165, 1.54) is 19.2 Å². The molecule has 19 heavy (non-hydrogen) atoms. The summed E-state index contributed by atoms with van der Waals surface area (Å²) >= 11 is 0. The third-order valence-corrected chi connectivity index (χ3v) is 2.66. The monoisotopic (exact) mass is 262 g/mol. The number of phenolic OH excluding ortho intramolecular Hbond substituents is 1. The molecule has 0 bridgehead atoms. The minimum Gasteiger partial charge on any atom is -0.508 e. The third-order valence-electron chi connectivity index (χ3n) is 2.66. The summed E-state index contributed by atoms with van der Waals surface area (Å²) in [5.41, 5.74) is 1.59. The predicted molar refractivity (Wildman–Crippen MR) is 70.1 cm³/mol. The first-order valence-corrected chi connectivity index (χ1v) is 5.84. The van der Waals surface area contributed by atoms with Gasteiger partial charge in [-0.25, -0.2) is 4.39 Å². The lowest BCUT2D eigenvalue weighted by Gasteiger charge is -2.09. The Balaban J connectivity index is 2.08. The van der Waals surface area contributed by atoms with Crippen LogP contribution in [0.4, 0.5) is 4.39 Å². The number of ether oxygens (including phenoxy) is 2. The van der Waals surface area contributed by atoms with Crippen molar-refractivity contribution in [3.05, 3.63) is 53.3 Å². The van der Waals surface area contributed by atoms with Crippen molar-refractivity contribution in [2.75, 3.05) is 7.11 Å². The quantitative estimate of drug-likeness (QED) is 0.917. The van der Waals surface area contributed by atoms with Gasteiger partial charge in [-0.15, -0.1) is 0 Å². The van der Waals surface area contributed by atoms with Crippen molar-refractivity contribution in [1.29, 1.82) is 0 Å². The molecule has 0 saturated carbocycles. The van der Waals surface area contributed by atoms with Crippen LogP contribution in [0.2, 0.25) is 0 Å². The smallest absolute Gasteiger partial charge is 0.165 e. The van der Waals surface area contributed by atoms with Gasteiger partial charge in [0.05, 0.1) is 7.11 Å². The van der Waals surface area contributed by atoms with Crippen LogP contribution in [0.1, 0.15) is 11.1 Å². The second-order valence-corrected chi connectivity index (χ2v) is 4.26. The molecule has 0 atom stereocenters. The van der Waals surface area contributed by atoms with Crippen LogP contribution in [0.3, 0.4) is 0 Å². The van der Waals surface area contributed by atoms with Crippen LogP contribution in [-0.4, -0.2) is 12.2 Å². The van der Waals surface area contributed by atoms with Gasteiger partial charge in [-0.2, -0.15) is 0 Å². The highest BCUT2D eigenvalue weighted by Crippen LogP contribution is 2.23. The largest absolute Gasteiger partial charge is 0.508 e. The van der Waals surface area contributed by atoms with Crippen LogP contribution >= 0.6 is 0 Å². The van der Waals surface area contributed by atoms with Crippen molar-refractivity contribution in [2.45, 2.75) is 13.5 Å². The maximum absolute atomic E-state index is 13.5. The molecule has 100 valence electrons. The third kappa shape index (κ3) is 3.37. The Morgan fingerprint density at radius 2 is 1.95 bits per heavy atom. The van der Waals surface area contributed by atoms with Gasteiger partial charge < -0.3 is 14.6 Å². The lowest BCUT2D eigenvalue weighted by Crippen LogP contribution is -1.97. The molecule has 3 nitrogen and oxygen atoms in total. The van der Waals surface area contributed by atoms with E-state index in [0.717, 1.165) is 5.56 Å². The average Bonchev–Trinajstić information content (AvgIpc) is 2.35. The summed E-state index contributed by atoms with van der Waals surface area (Å²) in [5, 5.41) is 9.45. The molecule has 0 spiro atoms. The zero-order chi connectivity index (χ0) is 13.8. The standard InChI is InChI=1S/C15H15FO3/c1-10-5-12(17)8-13(6-10)19-9-11-3-4-15(18-2)14(16)7-11/h3-8,17H,9H2,1-2H3. The summed E-state index contributed by atoms with van der Waals surface area (Å²) < 4.78 is 23.8. The number of aromatic hydroxyl groups is 1. The van der Waals surface area contributed by atoms with E-state index in [-0.39, 0.29) is 18.1 Å². The normalized spacial score (nSPS) is 10.3. The van der Waals surface area contributed by atoms with E-state index >= 15 is 0 Å². The van der Waals surface area contributed by atoms with Gasteiger partial charge in [0.1, 0.15) is 18.1 Å². The van der Waals surface area contributed by atoms with E-state index in [0.29, 0.717) is 11.3 Å². The fourth-order valence-electron chi connectivity index (χ4n) is 1.78. The lowest BCUT2D eigenvalue weighted by molar-refractivity contribution is 0.302. The van der Waals surface area contributed by atoms with Gasteiger partial charge in [0, 0.05) is 6.07 Å². The molecular formula is C15H15FO3. The van der Waals surface area contributed by atoms with E-state index in [4.69, 9.17) is 9.47 Å². The molecular weight excluding hydrogens is 247 g/mol. The van der Waals surface area contributed by atoms with Crippen LogP contribution in [0.5, 0.6) is 17.2 Å². The first-order valence-electron chi connectivity index (χ1n) is 5.84. The minimum absolute atomic E-state index is 0.149. The van der Waals surface area contributed by atoms with Crippen LogP contribution < -0.4 is 9.47 Å². The molecule has 0 saturated heterocycles. The maximum Gasteiger partial charge on any atom is 0.165 e. The molecule has 0 fully saturated rings. The molecule has 2 rings (SSSR count). The molecule has 2 aromatic rings. The van der Waals surface area contributed by atoms with Gasteiger partial charge >= 0.3 is 0 Å². The number of hydrogen-bond donors (Lipinski definition) is 1. The molecule has 0 aliphatic rings. The summed E-state index contributed by atoms with van der Waals surface area (Å²) in [6.45, 7) is 2.09. The Morgan fingerprint density at radius 1 is 1.16 bits per heavy atom. The molecule has 0 aliphatic heterocycles. The lowest BCUT2D eigenvalue weighted by atomic mass is 10.2. The molecule has 0 aromatic heterocycles. The Kier molecular flexibility index (Phi) is 3.90. The van der Waals surface area contributed by atoms with Crippen molar-refractivity contribution in [3.8, 4) is 17.2 Å². The molecule has 1 N–H and O–H groups in total. The van der Waals surface area contributed by atoms with Gasteiger partial charge in [-0.3, -0.25) is 0 Å². The molecule has 0 unspecified atom stereocenters. The molecule has 2 aromatic carbocycles. The Labute approximate surface area is 111 Å². The second-order valence-electron chi connectivity index (χ2n) is 4.26. The van der Waals surface area contributed by atoms with Gasteiger partial charge in [-0.05, 0) is 42.3 Å². The van der Waals surface area contributed by atoms with Crippen molar-refractivity contribution in [3.63, 3.8) is 0 Å². The Bertz CT molecular complexity index is 561. The van der Waals surface area contributed by atoms with E-state index in [1.54, 1.807) is 24.3 Å². The number of rotatable bonds is 4. The highest BCUT2D eigenvalue weighted by molar-refractivity contribution is 5.37. The maximum atomic E-state index is 13.5. The van der Waals surface area contributed by atoms with E-state index < -0.39 is 5.82 Å². The highest BCUT2D eigenvalue weighted by atomic mass is 19.1. The molecule has 0 radical (unpaired) electrons. The summed E-state index contributed by atoms with van der Waals surface area (Å²) in [6, 6.07) is 9.63. The zero-order valence-corrected chi connectivity index (χ0v) is 10.8. The highest BCUT2D eigenvalue weighted by Gasteiger charge is 2.04. The van der Waals surface area contributed by atoms with Gasteiger partial charge in [0.25, 0.3) is 0 Å². The summed E-state index contributed by atoms with van der Waals surface area (Å²) in [4.78, 5) is 0. The van der Waals surface area contributed by atoms with E-state index in [1.807, 2.05) is 6.92 Å². The number of benzene rings is 2. The molecule has 4 heteroatoms. The summed E-state index contributed by atoms with van der Waals surface area (Å²) in [6.07, 6.45) is 0. The SMILES string of the molecule is COc1ccc(COc2cc(C)cc(O)c2)cc1F. The molecule has 0 aliphatic carbocycles. The van der Waals surface area contributed by atoms with Gasteiger partial charge in [0.2, 0.25) is 0 Å². The van der Waals surface area contributed by atoms with Crippen LogP contribution in [0.15, 0.2) is 36.4 Å². The first kappa shape index (κ1) is 13.2. The van der Waals surface area contributed by atoms with Crippen LogP contribution in [0.25, 0.3) is 0 Å². The fraction of sp³-hybridized carbons (Fsp3) is 0.200. The Morgan fingerprint density at radius 3 is 2.58 bits per heavy atom. The van der Waals surface area contributed by atoms with Crippen molar-refractivity contribution in [2.24, 2.45) is 0 Å². The summed E-state index contributed by atoms with van der Waals surface area (Å²) in [5.74, 6) is 0.484. The predicted octanol–water partition coefficient (Wildman–Crippen LogP) is 3.43. The zero-order valence-electron chi connectivity index (χ0n) is 10.8. The molecule has 0 amide bonds. The number of phenols is 1. The minimum atomic E-state index is -0.421. The van der Waals surface area contributed by atoms with Crippen molar-refractivity contribution >= 4 is 0 Å². The Hall–Kier alpha value is -2.23. The number of aryl methyl sites for hydroxylation is 1. The second kappa shape index (κ2) is 5.61. The van der Waals surface area contributed by atoms with Crippen LogP contribution in [0, 0.1) is 12.7 Å². The van der Waals surface area contributed by atoms with Gasteiger partial charge in [-0.1, -0.05) is 6.07 Å². The van der Waals surface area contributed by atoms with Crippen LogP contribution in [-0.2, 0) is 6.61 Å². The van der Waals surface area contributed by atoms with E-state index in [9.17, 15) is 9.50 Å². The topological polar surface area (TPSA) is 38.7 Å². The fourth-order valence-corrected chi connectivity index (χ4v) is 1.78. The first-order chi connectivity index (χ1) is 9.08. The average molecular weight is 262 g/mol. The van der Waals surface area contributed by atoms with Crippen molar-refractivity contribution < 1.29 is 19.0 Å². The van der Waals surface area contributed by atoms with Crippen molar-refractivity contribution in [1.82, 2.24) is 0 Å². The van der Waals surface area contributed by atoms with E-state index in [2.05, 4.69) is 0 Å². The summed E-state index contributed by atoms with van der Waals surface area (Å²) in [7, 11) is 1.42.